The zero-order chi connectivity index (χ0) is 26.3. The zero-order valence-electron chi connectivity index (χ0n) is 20.6. The molecular weight excluding hydrogens is 507 g/mol. The lowest BCUT2D eigenvalue weighted by Crippen LogP contribution is -2.45. The summed E-state index contributed by atoms with van der Waals surface area (Å²) in [7, 11) is -3.60. The molecule has 0 bridgehead atoms. The smallest absolute Gasteiger partial charge is 0.306 e. The number of imidazole rings is 1. The van der Waals surface area contributed by atoms with E-state index in [-0.39, 0.29) is 11.9 Å². The number of aryl methyl sites for hydroxylation is 1. The molecule has 0 saturated carbocycles. The number of benzene rings is 2. The Morgan fingerprint density at radius 2 is 1.84 bits per heavy atom. The first-order chi connectivity index (χ1) is 18.4. The van der Waals surface area contributed by atoms with Gasteiger partial charge in [-0.05, 0) is 62.2 Å². The quantitative estimate of drug-likeness (QED) is 0.336. The highest BCUT2D eigenvalue weighted by molar-refractivity contribution is 7.89. The van der Waals surface area contributed by atoms with Crippen LogP contribution in [0.25, 0.3) is 28.5 Å². The van der Waals surface area contributed by atoms with E-state index < -0.39 is 10.0 Å². The number of rotatable bonds is 6. The highest BCUT2D eigenvalue weighted by Gasteiger charge is 2.30. The Labute approximate surface area is 219 Å². The Balaban J connectivity index is 1.27. The van der Waals surface area contributed by atoms with Crippen LogP contribution >= 0.6 is 0 Å². The van der Waals surface area contributed by atoms with Crippen LogP contribution in [0.3, 0.4) is 0 Å². The summed E-state index contributed by atoms with van der Waals surface area (Å²) in [5, 5.41) is 3.32. The second-order valence-electron chi connectivity index (χ2n) is 9.30. The Morgan fingerprint density at radius 3 is 2.63 bits per heavy atom. The Morgan fingerprint density at radius 1 is 1.05 bits per heavy atom. The molecule has 9 nitrogen and oxygen atoms in total. The fourth-order valence-electron chi connectivity index (χ4n) is 4.72. The van der Waals surface area contributed by atoms with Gasteiger partial charge in [-0.15, -0.1) is 0 Å². The second-order valence-corrected chi connectivity index (χ2v) is 11.2. The molecule has 1 aliphatic rings. The minimum Gasteiger partial charge on any atom is -0.432 e. The summed E-state index contributed by atoms with van der Waals surface area (Å²) in [5.41, 5.74) is 3.60. The monoisotopic (exact) mass is 532 g/mol. The third-order valence-electron chi connectivity index (χ3n) is 6.65. The van der Waals surface area contributed by atoms with Crippen molar-refractivity contribution in [3.05, 3.63) is 84.6 Å². The summed E-state index contributed by atoms with van der Waals surface area (Å²) < 4.78 is 48.8. The van der Waals surface area contributed by atoms with E-state index >= 15 is 0 Å². The molecule has 0 radical (unpaired) electrons. The minimum atomic E-state index is -3.60. The SMILES string of the molecule is Cc1ccc(S(=O)(=O)N2CCC[C@@H](Nc3nccc(-c4c(-c5ccc(F)cc5)nc5occn45)n3)C2)cc1. The lowest BCUT2D eigenvalue weighted by molar-refractivity contribution is 0.326. The van der Waals surface area contributed by atoms with Crippen molar-refractivity contribution in [1.29, 1.82) is 0 Å². The van der Waals surface area contributed by atoms with Gasteiger partial charge in [0.2, 0.25) is 16.0 Å². The van der Waals surface area contributed by atoms with E-state index in [4.69, 9.17) is 9.40 Å². The molecule has 3 aromatic heterocycles. The van der Waals surface area contributed by atoms with E-state index in [9.17, 15) is 12.8 Å². The molecule has 5 aromatic rings. The van der Waals surface area contributed by atoms with Crippen LogP contribution in [-0.4, -0.2) is 51.2 Å². The Hall–Kier alpha value is -4.09. The summed E-state index contributed by atoms with van der Waals surface area (Å²) in [5.74, 6) is 0.430. The van der Waals surface area contributed by atoms with Crippen molar-refractivity contribution in [1.82, 2.24) is 23.7 Å². The minimum absolute atomic E-state index is 0.157. The molecule has 11 heteroatoms. The van der Waals surface area contributed by atoms with Gasteiger partial charge >= 0.3 is 5.84 Å². The summed E-state index contributed by atoms with van der Waals surface area (Å²) >= 11 is 0. The van der Waals surface area contributed by atoms with Gasteiger partial charge in [-0.1, -0.05) is 17.7 Å². The van der Waals surface area contributed by atoms with E-state index in [0.29, 0.717) is 46.9 Å². The number of anilines is 1. The number of hydrogen-bond donors (Lipinski definition) is 1. The molecule has 1 atom stereocenters. The van der Waals surface area contributed by atoms with Crippen LogP contribution < -0.4 is 5.32 Å². The predicted octanol–water partition coefficient (Wildman–Crippen LogP) is 4.76. The molecule has 6 rings (SSSR count). The van der Waals surface area contributed by atoms with Crippen LogP contribution in [0.1, 0.15) is 18.4 Å². The van der Waals surface area contributed by atoms with Crippen LogP contribution in [0.2, 0.25) is 0 Å². The van der Waals surface area contributed by atoms with E-state index in [2.05, 4.69) is 15.3 Å². The number of halogens is 1. The average molecular weight is 533 g/mol. The van der Waals surface area contributed by atoms with E-state index in [0.717, 1.165) is 24.0 Å². The molecule has 0 unspecified atom stereocenters. The van der Waals surface area contributed by atoms with Gasteiger partial charge in [-0.2, -0.15) is 9.29 Å². The summed E-state index contributed by atoms with van der Waals surface area (Å²) in [6, 6.07) is 14.6. The predicted molar refractivity (Wildman–Crippen MR) is 140 cm³/mol. The molecule has 1 saturated heterocycles. The largest absolute Gasteiger partial charge is 0.432 e. The number of nitrogens with one attached hydrogen (secondary N) is 1. The third kappa shape index (κ3) is 4.54. The lowest BCUT2D eigenvalue weighted by atomic mass is 10.1. The molecule has 2 aromatic carbocycles. The maximum atomic E-state index is 13.5. The molecule has 0 amide bonds. The standard InChI is InChI=1S/C27H25FN6O3S/c1-18-4-10-22(11-5-18)38(35,36)33-14-2-3-21(17-33)30-26-29-13-12-23(31-26)25-24(19-6-8-20(28)9-7-19)32-27-34(25)15-16-37-27/h4-13,15-16,21H,2-3,14,17H2,1H3,(H,29,30,31)/t21-/m1/s1. The lowest BCUT2D eigenvalue weighted by Gasteiger charge is -2.32. The van der Waals surface area contributed by atoms with Crippen LogP contribution in [0.5, 0.6) is 0 Å². The van der Waals surface area contributed by atoms with Gasteiger partial charge in [-0.3, -0.25) is 4.40 Å². The van der Waals surface area contributed by atoms with Gasteiger partial charge in [0.05, 0.1) is 10.6 Å². The number of nitrogens with zero attached hydrogens (tertiary/aromatic N) is 5. The van der Waals surface area contributed by atoms with E-state index in [1.807, 2.05) is 6.92 Å². The maximum Gasteiger partial charge on any atom is 0.306 e. The van der Waals surface area contributed by atoms with Crippen LogP contribution in [0.4, 0.5) is 10.3 Å². The number of fused-ring (bicyclic) bond motifs is 1. The number of piperidine rings is 1. The molecule has 4 heterocycles. The Kier molecular flexibility index (Phi) is 6.16. The van der Waals surface area contributed by atoms with Gasteiger partial charge in [0, 0.05) is 37.1 Å². The van der Waals surface area contributed by atoms with Gasteiger partial charge in [-0.25, -0.2) is 22.8 Å². The fourth-order valence-corrected chi connectivity index (χ4v) is 6.24. The fraction of sp³-hybridized carbons (Fsp3) is 0.222. The molecular formula is C27H25FN6O3S. The molecule has 1 fully saturated rings. The summed E-state index contributed by atoms with van der Waals surface area (Å²) in [4.78, 5) is 14.0. The second kappa shape index (κ2) is 9.66. The van der Waals surface area contributed by atoms with Crippen molar-refractivity contribution in [2.75, 3.05) is 18.4 Å². The van der Waals surface area contributed by atoms with Gasteiger partial charge < -0.3 is 9.73 Å². The first kappa shape index (κ1) is 24.3. The van der Waals surface area contributed by atoms with Crippen molar-refractivity contribution < 1.29 is 17.2 Å². The van der Waals surface area contributed by atoms with Crippen LogP contribution in [0.15, 0.2) is 82.6 Å². The number of aromatic nitrogens is 4. The zero-order valence-corrected chi connectivity index (χ0v) is 21.4. The first-order valence-electron chi connectivity index (χ1n) is 12.3. The molecule has 0 aliphatic carbocycles. The van der Waals surface area contributed by atoms with Crippen molar-refractivity contribution >= 4 is 21.8 Å². The number of oxazole rings is 1. The normalized spacial score (nSPS) is 16.6. The van der Waals surface area contributed by atoms with Crippen molar-refractivity contribution in [2.45, 2.75) is 30.7 Å². The summed E-state index contributed by atoms with van der Waals surface area (Å²) in [6.45, 7) is 2.70. The summed E-state index contributed by atoms with van der Waals surface area (Å²) in [6.07, 6.45) is 6.42. The van der Waals surface area contributed by atoms with E-state index in [1.165, 1.54) is 22.7 Å². The van der Waals surface area contributed by atoms with Crippen LogP contribution in [-0.2, 0) is 10.0 Å². The molecule has 38 heavy (non-hydrogen) atoms. The maximum absolute atomic E-state index is 13.5. The van der Waals surface area contributed by atoms with Crippen molar-refractivity contribution in [2.24, 2.45) is 0 Å². The highest BCUT2D eigenvalue weighted by Crippen LogP contribution is 2.32. The first-order valence-corrected chi connectivity index (χ1v) is 13.7. The topological polar surface area (TPSA) is 106 Å². The van der Waals surface area contributed by atoms with Crippen LogP contribution in [0, 0.1) is 12.7 Å². The Bertz CT molecular complexity index is 1700. The van der Waals surface area contributed by atoms with Crippen molar-refractivity contribution in [3.63, 3.8) is 0 Å². The van der Waals surface area contributed by atoms with Gasteiger partial charge in [0.25, 0.3) is 0 Å². The number of hydrogen-bond acceptors (Lipinski definition) is 7. The molecule has 1 N–H and O–H groups in total. The highest BCUT2D eigenvalue weighted by atomic mass is 32.2. The average Bonchev–Trinajstić information content (AvgIpc) is 3.51. The molecule has 194 valence electrons. The van der Waals surface area contributed by atoms with Gasteiger partial charge in [0.15, 0.2) is 0 Å². The van der Waals surface area contributed by atoms with Crippen molar-refractivity contribution in [3.8, 4) is 22.6 Å². The number of sulfonamides is 1. The van der Waals surface area contributed by atoms with Gasteiger partial charge in [0.1, 0.15) is 23.5 Å². The van der Waals surface area contributed by atoms with E-state index in [1.54, 1.807) is 59.3 Å². The third-order valence-corrected chi connectivity index (χ3v) is 8.53. The molecule has 1 aliphatic heterocycles. The molecule has 0 spiro atoms.